The fraction of sp³-hybridized carbons (Fsp3) is 0.0667. The number of carbonyl (C=O) groups is 1. The van der Waals surface area contributed by atoms with Gasteiger partial charge in [0, 0.05) is 27.8 Å². The molecule has 0 aliphatic rings. The normalized spacial score (nSPS) is 10.9. The van der Waals surface area contributed by atoms with Gasteiger partial charge in [-0.15, -0.1) is 0 Å². The summed E-state index contributed by atoms with van der Waals surface area (Å²) in [6.45, 7) is 1.91. The van der Waals surface area contributed by atoms with Crippen molar-refractivity contribution < 1.29 is 4.79 Å². The number of aromatic nitrogens is 2. The van der Waals surface area contributed by atoms with Gasteiger partial charge in [-0.3, -0.25) is 4.79 Å². The van der Waals surface area contributed by atoms with Crippen LogP contribution in [0.1, 0.15) is 21.5 Å². The van der Waals surface area contributed by atoms with Crippen molar-refractivity contribution in [2.75, 3.05) is 0 Å². The Balaban J connectivity index is 2.21. The van der Waals surface area contributed by atoms with Gasteiger partial charge >= 0.3 is 0 Å². The number of carbonyl (C=O) groups excluding carboxylic acids is 1. The van der Waals surface area contributed by atoms with Crippen LogP contribution < -0.4 is 0 Å². The minimum Gasteiger partial charge on any atom is -0.345 e. The number of aryl methyl sites for hydroxylation is 1. The highest BCUT2D eigenvalue weighted by Gasteiger charge is 2.18. The maximum absolute atomic E-state index is 12.7. The lowest BCUT2D eigenvalue weighted by Gasteiger charge is -2.05. The van der Waals surface area contributed by atoms with Crippen molar-refractivity contribution in [3.05, 3.63) is 62.8 Å². The molecule has 2 aromatic heterocycles. The molecule has 3 rings (SSSR count). The molecule has 1 aromatic carbocycles. The number of H-pyrrole nitrogens is 1. The number of fused-ring (bicyclic) bond motifs is 1. The predicted molar refractivity (Wildman–Crippen MR) is 83.4 cm³/mol. The Hall–Kier alpha value is -1.65. The second-order valence-corrected chi connectivity index (χ2v) is 5.83. The number of ketones is 1. The molecule has 20 heavy (non-hydrogen) atoms. The van der Waals surface area contributed by atoms with E-state index in [4.69, 9.17) is 11.6 Å². The number of benzene rings is 1. The van der Waals surface area contributed by atoms with Gasteiger partial charge in [0.15, 0.2) is 5.78 Å². The number of hydrogen-bond donors (Lipinski definition) is 1. The molecule has 0 unspecified atom stereocenters. The first-order chi connectivity index (χ1) is 9.58. The Labute approximate surface area is 129 Å². The molecule has 3 nitrogen and oxygen atoms in total. The zero-order valence-electron chi connectivity index (χ0n) is 10.6. The number of hydrogen-bond acceptors (Lipinski definition) is 2. The highest BCUT2D eigenvalue weighted by atomic mass is 79.9. The van der Waals surface area contributed by atoms with Crippen LogP contribution in [0.25, 0.3) is 11.0 Å². The molecule has 0 saturated heterocycles. The maximum atomic E-state index is 12.7. The van der Waals surface area contributed by atoms with Crippen LogP contribution in [0.4, 0.5) is 0 Å². The van der Waals surface area contributed by atoms with E-state index in [1.807, 2.05) is 25.1 Å². The average Bonchev–Trinajstić information content (AvgIpc) is 2.86. The number of rotatable bonds is 2. The quantitative estimate of drug-likeness (QED) is 0.691. The molecule has 2 heterocycles. The standard InChI is InChI=1S/C15H10BrClN2O/c1-8-2-3-9(16)6-10(8)14(20)11-7-19-15-13(11)12(17)4-5-18-15/h2-7H,1H3,(H,18,19). The van der Waals surface area contributed by atoms with Gasteiger partial charge in [0.1, 0.15) is 5.65 Å². The minimum atomic E-state index is -0.0649. The molecule has 0 amide bonds. The summed E-state index contributed by atoms with van der Waals surface area (Å²) in [6.07, 6.45) is 3.27. The molecule has 0 radical (unpaired) electrons. The van der Waals surface area contributed by atoms with Gasteiger partial charge in [-0.1, -0.05) is 33.6 Å². The van der Waals surface area contributed by atoms with Gasteiger partial charge in [-0.2, -0.15) is 0 Å². The summed E-state index contributed by atoms with van der Waals surface area (Å²) < 4.78 is 0.871. The molecule has 0 saturated carbocycles. The van der Waals surface area contributed by atoms with Gasteiger partial charge in [0.2, 0.25) is 0 Å². The van der Waals surface area contributed by atoms with E-state index in [0.717, 1.165) is 10.0 Å². The smallest absolute Gasteiger partial charge is 0.195 e. The zero-order valence-corrected chi connectivity index (χ0v) is 12.9. The molecule has 0 spiro atoms. The second-order valence-electron chi connectivity index (χ2n) is 4.51. The second kappa shape index (κ2) is 5.04. The predicted octanol–water partition coefficient (Wildman–Crippen LogP) is 4.52. The van der Waals surface area contributed by atoms with E-state index in [1.54, 1.807) is 18.5 Å². The average molecular weight is 350 g/mol. The Morgan fingerprint density at radius 2 is 2.10 bits per heavy atom. The van der Waals surface area contributed by atoms with E-state index in [9.17, 15) is 4.79 Å². The third-order valence-electron chi connectivity index (χ3n) is 3.21. The summed E-state index contributed by atoms with van der Waals surface area (Å²) >= 11 is 9.58. The Morgan fingerprint density at radius 3 is 2.90 bits per heavy atom. The maximum Gasteiger partial charge on any atom is 0.195 e. The lowest BCUT2D eigenvalue weighted by atomic mass is 9.99. The molecule has 1 N–H and O–H groups in total. The summed E-state index contributed by atoms with van der Waals surface area (Å²) in [6, 6.07) is 7.32. The molecule has 100 valence electrons. The number of pyridine rings is 1. The molecule has 0 fully saturated rings. The summed E-state index contributed by atoms with van der Waals surface area (Å²) in [4.78, 5) is 19.9. The monoisotopic (exact) mass is 348 g/mol. The van der Waals surface area contributed by atoms with Crippen molar-refractivity contribution in [1.29, 1.82) is 0 Å². The Morgan fingerprint density at radius 1 is 1.30 bits per heavy atom. The highest BCUT2D eigenvalue weighted by Crippen LogP contribution is 2.28. The molecule has 0 atom stereocenters. The van der Waals surface area contributed by atoms with E-state index in [2.05, 4.69) is 25.9 Å². The van der Waals surface area contributed by atoms with Crippen LogP contribution in [0.5, 0.6) is 0 Å². The number of aromatic amines is 1. The van der Waals surface area contributed by atoms with Crippen LogP contribution in [0.3, 0.4) is 0 Å². The van der Waals surface area contributed by atoms with Crippen LogP contribution in [-0.2, 0) is 0 Å². The Kier molecular flexibility index (Phi) is 3.36. The van der Waals surface area contributed by atoms with Gasteiger partial charge in [-0.05, 0) is 30.7 Å². The molecule has 0 aliphatic carbocycles. The number of nitrogens with one attached hydrogen (secondary N) is 1. The van der Waals surface area contributed by atoms with Crippen LogP contribution >= 0.6 is 27.5 Å². The Bertz CT molecular complexity index is 826. The van der Waals surface area contributed by atoms with Gasteiger partial charge in [0.25, 0.3) is 0 Å². The molecule has 5 heteroatoms. The zero-order chi connectivity index (χ0) is 14.3. The van der Waals surface area contributed by atoms with E-state index >= 15 is 0 Å². The van der Waals surface area contributed by atoms with Crippen molar-refractivity contribution in [3.8, 4) is 0 Å². The largest absolute Gasteiger partial charge is 0.345 e. The lowest BCUT2D eigenvalue weighted by Crippen LogP contribution is -2.03. The fourth-order valence-electron chi connectivity index (χ4n) is 2.18. The third-order valence-corrected chi connectivity index (χ3v) is 4.02. The van der Waals surface area contributed by atoms with Crippen molar-refractivity contribution in [1.82, 2.24) is 9.97 Å². The molecular formula is C15H10BrClN2O. The molecule has 0 aliphatic heterocycles. The van der Waals surface area contributed by atoms with Crippen molar-refractivity contribution in [3.63, 3.8) is 0 Å². The van der Waals surface area contributed by atoms with E-state index in [0.29, 0.717) is 27.2 Å². The van der Waals surface area contributed by atoms with Crippen molar-refractivity contribution in [2.24, 2.45) is 0 Å². The summed E-state index contributed by atoms with van der Waals surface area (Å²) in [5, 5.41) is 1.19. The summed E-state index contributed by atoms with van der Waals surface area (Å²) in [5.41, 5.74) is 2.74. The summed E-state index contributed by atoms with van der Waals surface area (Å²) in [5.74, 6) is -0.0649. The SMILES string of the molecule is Cc1ccc(Br)cc1C(=O)c1c[nH]c2nccc(Cl)c12. The number of halogens is 2. The van der Waals surface area contributed by atoms with Crippen LogP contribution in [0, 0.1) is 6.92 Å². The molecule has 0 bridgehead atoms. The summed E-state index contributed by atoms with van der Waals surface area (Å²) in [7, 11) is 0. The highest BCUT2D eigenvalue weighted by molar-refractivity contribution is 9.10. The lowest BCUT2D eigenvalue weighted by molar-refractivity contribution is 0.103. The van der Waals surface area contributed by atoms with E-state index in [1.165, 1.54) is 0 Å². The van der Waals surface area contributed by atoms with Gasteiger partial charge in [0.05, 0.1) is 10.6 Å². The topological polar surface area (TPSA) is 45.8 Å². The van der Waals surface area contributed by atoms with Crippen molar-refractivity contribution in [2.45, 2.75) is 6.92 Å². The molecular weight excluding hydrogens is 340 g/mol. The molecule has 3 aromatic rings. The third kappa shape index (κ3) is 2.15. The van der Waals surface area contributed by atoms with Crippen LogP contribution in [0.15, 0.2) is 41.1 Å². The first kappa shape index (κ1) is 13.3. The van der Waals surface area contributed by atoms with Crippen LogP contribution in [0.2, 0.25) is 5.02 Å². The van der Waals surface area contributed by atoms with E-state index in [-0.39, 0.29) is 5.78 Å². The fourth-order valence-corrected chi connectivity index (χ4v) is 2.79. The van der Waals surface area contributed by atoms with Crippen LogP contribution in [-0.4, -0.2) is 15.8 Å². The first-order valence-corrected chi connectivity index (χ1v) is 7.17. The van der Waals surface area contributed by atoms with Crippen molar-refractivity contribution >= 4 is 44.3 Å². The minimum absolute atomic E-state index is 0.0649. The van der Waals surface area contributed by atoms with Gasteiger partial charge < -0.3 is 4.98 Å². The van der Waals surface area contributed by atoms with E-state index < -0.39 is 0 Å². The number of nitrogens with zero attached hydrogens (tertiary/aromatic N) is 1. The van der Waals surface area contributed by atoms with Gasteiger partial charge in [-0.25, -0.2) is 4.98 Å². The first-order valence-electron chi connectivity index (χ1n) is 6.00.